The molecule has 0 aliphatic rings. The van der Waals surface area contributed by atoms with Gasteiger partial charge in [-0.15, -0.1) is 0 Å². The smallest absolute Gasteiger partial charge is 0.292 e. The predicted octanol–water partition coefficient (Wildman–Crippen LogP) is 3.06. The Morgan fingerprint density at radius 1 is 1.31 bits per heavy atom. The summed E-state index contributed by atoms with van der Waals surface area (Å²) in [5.74, 6) is -0.674. The molecule has 0 saturated carbocycles. The molecule has 0 fully saturated rings. The van der Waals surface area contributed by atoms with E-state index in [9.17, 15) is 17.6 Å². The molecule has 1 aromatic rings. The first kappa shape index (κ1) is 13.2. The molecule has 0 aliphatic heterocycles. The van der Waals surface area contributed by atoms with E-state index in [1.807, 2.05) is 5.48 Å². The van der Waals surface area contributed by atoms with Gasteiger partial charge in [0.2, 0.25) is 0 Å². The third-order valence-electron chi connectivity index (χ3n) is 1.63. The highest BCUT2D eigenvalue weighted by Crippen LogP contribution is 2.18. The Morgan fingerprint density at radius 3 is 2.62 bits per heavy atom. The Kier molecular flexibility index (Phi) is 4.52. The minimum Gasteiger partial charge on any atom is -0.292 e. The van der Waals surface area contributed by atoms with Crippen molar-refractivity contribution in [2.75, 3.05) is 6.61 Å². The summed E-state index contributed by atoms with van der Waals surface area (Å²) in [6.07, 6.45) is -4.42. The summed E-state index contributed by atoms with van der Waals surface area (Å²) >= 11 is 5.48. The van der Waals surface area contributed by atoms with Gasteiger partial charge in [0.25, 0.3) is 0 Å². The molecule has 0 heterocycles. The van der Waals surface area contributed by atoms with E-state index in [1.165, 1.54) is 18.2 Å². The van der Waals surface area contributed by atoms with Crippen LogP contribution in [0.3, 0.4) is 0 Å². The molecule has 0 aliphatic carbocycles. The zero-order chi connectivity index (χ0) is 12.2. The minimum absolute atomic E-state index is 0.0879. The van der Waals surface area contributed by atoms with E-state index in [4.69, 9.17) is 11.6 Å². The van der Waals surface area contributed by atoms with E-state index in [2.05, 4.69) is 4.84 Å². The van der Waals surface area contributed by atoms with Crippen molar-refractivity contribution >= 4 is 11.6 Å². The molecular formula is C9H8ClF4NO. The van der Waals surface area contributed by atoms with Crippen molar-refractivity contribution < 1.29 is 22.4 Å². The van der Waals surface area contributed by atoms with Gasteiger partial charge in [0.15, 0.2) is 6.61 Å². The summed E-state index contributed by atoms with van der Waals surface area (Å²) in [5, 5.41) is -0.0879. The van der Waals surface area contributed by atoms with E-state index < -0.39 is 18.6 Å². The van der Waals surface area contributed by atoms with Crippen LogP contribution in [-0.4, -0.2) is 12.8 Å². The molecule has 7 heteroatoms. The van der Waals surface area contributed by atoms with Crippen molar-refractivity contribution in [2.45, 2.75) is 12.7 Å². The van der Waals surface area contributed by atoms with Crippen molar-refractivity contribution in [3.8, 4) is 0 Å². The van der Waals surface area contributed by atoms with Crippen LogP contribution in [0.25, 0.3) is 0 Å². The molecule has 1 aromatic carbocycles. The fraction of sp³-hybridized carbons (Fsp3) is 0.333. The zero-order valence-corrected chi connectivity index (χ0v) is 8.70. The molecule has 0 amide bonds. The summed E-state index contributed by atoms with van der Waals surface area (Å²) < 4.78 is 48.2. The molecule has 0 radical (unpaired) electrons. The highest BCUT2D eigenvalue weighted by atomic mass is 35.5. The largest absolute Gasteiger partial charge is 0.413 e. The van der Waals surface area contributed by atoms with E-state index in [1.54, 1.807) is 0 Å². The molecule has 1 rings (SSSR count). The van der Waals surface area contributed by atoms with Crippen LogP contribution in [0, 0.1) is 5.82 Å². The molecule has 0 atom stereocenters. The number of hydroxylamine groups is 1. The minimum atomic E-state index is -4.42. The second kappa shape index (κ2) is 5.47. The van der Waals surface area contributed by atoms with Crippen LogP contribution in [0.2, 0.25) is 5.02 Å². The van der Waals surface area contributed by atoms with Crippen molar-refractivity contribution in [3.05, 3.63) is 34.6 Å². The average Bonchev–Trinajstić information content (AvgIpc) is 2.17. The lowest BCUT2D eigenvalue weighted by molar-refractivity contribution is -0.190. The Morgan fingerprint density at radius 2 is 2.00 bits per heavy atom. The molecular weight excluding hydrogens is 250 g/mol. The Balaban J connectivity index is 2.41. The van der Waals surface area contributed by atoms with Gasteiger partial charge in [-0.2, -0.15) is 18.7 Å². The molecule has 0 saturated heterocycles. The molecule has 90 valence electrons. The monoisotopic (exact) mass is 257 g/mol. The Bertz CT molecular complexity index is 356. The Labute approximate surface area is 94.1 Å². The maximum absolute atomic E-state index is 13.2. The third-order valence-corrected chi connectivity index (χ3v) is 1.92. The molecule has 0 spiro atoms. The third kappa shape index (κ3) is 4.34. The molecule has 16 heavy (non-hydrogen) atoms. The van der Waals surface area contributed by atoms with E-state index in [-0.39, 0.29) is 17.1 Å². The van der Waals surface area contributed by atoms with Crippen molar-refractivity contribution in [3.63, 3.8) is 0 Å². The molecule has 2 nitrogen and oxygen atoms in total. The van der Waals surface area contributed by atoms with Gasteiger partial charge in [0, 0.05) is 12.1 Å². The number of rotatable bonds is 4. The standard InChI is InChI=1S/C9H8ClF4NO/c10-7-3-1-2-6(8(7)11)4-15-16-5-9(12,13)14/h1-3,15H,4-5H2. The van der Waals surface area contributed by atoms with E-state index in [0.29, 0.717) is 0 Å². The summed E-state index contributed by atoms with van der Waals surface area (Å²) in [4.78, 5) is 4.11. The molecule has 0 bridgehead atoms. The first-order chi connectivity index (χ1) is 7.40. The number of benzene rings is 1. The lowest BCUT2D eigenvalue weighted by atomic mass is 10.2. The van der Waals surface area contributed by atoms with Gasteiger partial charge in [-0.1, -0.05) is 23.7 Å². The molecule has 0 unspecified atom stereocenters. The summed E-state index contributed by atoms with van der Waals surface area (Å²) in [6.45, 7) is -1.63. The van der Waals surface area contributed by atoms with Crippen molar-refractivity contribution in [1.29, 1.82) is 0 Å². The van der Waals surface area contributed by atoms with Gasteiger partial charge >= 0.3 is 6.18 Å². The summed E-state index contributed by atoms with van der Waals surface area (Å²) in [7, 11) is 0. The Hall–Kier alpha value is -0.850. The normalized spacial score (nSPS) is 11.8. The fourth-order valence-corrected chi connectivity index (χ4v) is 1.14. The maximum Gasteiger partial charge on any atom is 0.413 e. The summed E-state index contributed by atoms with van der Waals surface area (Å²) in [5.41, 5.74) is 2.14. The topological polar surface area (TPSA) is 21.3 Å². The van der Waals surface area contributed by atoms with Gasteiger partial charge in [0.05, 0.1) is 5.02 Å². The van der Waals surface area contributed by atoms with Crippen LogP contribution < -0.4 is 5.48 Å². The predicted molar refractivity (Wildman–Crippen MR) is 50.3 cm³/mol. The van der Waals surface area contributed by atoms with Crippen LogP contribution in [0.15, 0.2) is 18.2 Å². The number of alkyl halides is 3. The first-order valence-electron chi connectivity index (χ1n) is 4.24. The van der Waals surface area contributed by atoms with Gasteiger partial charge < -0.3 is 0 Å². The van der Waals surface area contributed by atoms with Crippen molar-refractivity contribution in [2.24, 2.45) is 0 Å². The first-order valence-corrected chi connectivity index (χ1v) is 4.62. The van der Waals surface area contributed by atoms with E-state index >= 15 is 0 Å². The second-order valence-electron chi connectivity index (χ2n) is 2.94. The second-order valence-corrected chi connectivity index (χ2v) is 3.35. The van der Waals surface area contributed by atoms with Gasteiger partial charge in [-0.25, -0.2) is 4.39 Å². The highest BCUT2D eigenvalue weighted by Gasteiger charge is 2.27. The van der Waals surface area contributed by atoms with Crippen LogP contribution in [0.1, 0.15) is 5.56 Å². The number of hydrogen-bond acceptors (Lipinski definition) is 2. The fourth-order valence-electron chi connectivity index (χ4n) is 0.947. The van der Waals surface area contributed by atoms with Crippen LogP contribution >= 0.6 is 11.6 Å². The molecule has 0 aromatic heterocycles. The summed E-state index contributed by atoms with van der Waals surface area (Å²) in [6, 6.07) is 4.23. The average molecular weight is 258 g/mol. The zero-order valence-electron chi connectivity index (χ0n) is 7.94. The highest BCUT2D eigenvalue weighted by molar-refractivity contribution is 6.30. The number of nitrogens with one attached hydrogen (secondary N) is 1. The van der Waals surface area contributed by atoms with E-state index in [0.717, 1.165) is 0 Å². The number of hydrogen-bond donors (Lipinski definition) is 1. The lowest BCUT2D eigenvalue weighted by Crippen LogP contribution is -2.24. The van der Waals surface area contributed by atoms with Crippen LogP contribution in [0.5, 0.6) is 0 Å². The maximum atomic E-state index is 13.2. The lowest BCUT2D eigenvalue weighted by Gasteiger charge is -2.09. The quantitative estimate of drug-likeness (QED) is 0.508. The van der Waals surface area contributed by atoms with Gasteiger partial charge in [0.1, 0.15) is 5.82 Å². The SMILES string of the molecule is Fc1c(Cl)cccc1CNOCC(F)(F)F. The van der Waals surface area contributed by atoms with Crippen LogP contribution in [-0.2, 0) is 11.4 Å². The van der Waals surface area contributed by atoms with Gasteiger partial charge in [-0.3, -0.25) is 4.84 Å². The van der Waals surface area contributed by atoms with Crippen molar-refractivity contribution in [1.82, 2.24) is 5.48 Å². The molecule has 1 N–H and O–H groups in total. The number of halogens is 5. The van der Waals surface area contributed by atoms with Crippen LogP contribution in [0.4, 0.5) is 17.6 Å². The van der Waals surface area contributed by atoms with Gasteiger partial charge in [-0.05, 0) is 6.07 Å².